The molecule has 0 saturated carbocycles. The number of carbonyl (C=O) groups is 5. The van der Waals surface area contributed by atoms with Crippen LogP contribution in [0.3, 0.4) is 0 Å². The molecule has 0 radical (unpaired) electrons. The van der Waals surface area contributed by atoms with Crippen molar-refractivity contribution in [2.45, 2.75) is 90.3 Å². The number of allylic oxidation sites excluding steroid dienone is 2. The van der Waals surface area contributed by atoms with Gasteiger partial charge in [-0.25, -0.2) is 9.78 Å². The Bertz CT molecular complexity index is 1120. The number of unbranched alkanes of at least 4 members (excludes halogenated alkanes) is 4. The average Bonchev–Trinajstić information content (AvgIpc) is 3.45. The highest BCUT2D eigenvalue weighted by Gasteiger charge is 2.27. The zero-order valence-electron chi connectivity index (χ0n) is 24.6. The van der Waals surface area contributed by atoms with Gasteiger partial charge in [0.15, 0.2) is 5.12 Å². The fourth-order valence-electron chi connectivity index (χ4n) is 3.91. The van der Waals surface area contributed by atoms with Crippen LogP contribution < -0.4 is 16.0 Å². The second-order valence-electron chi connectivity index (χ2n) is 9.65. The molecule has 2 bridgehead atoms. The van der Waals surface area contributed by atoms with Gasteiger partial charge in [-0.15, -0.1) is 11.3 Å². The van der Waals surface area contributed by atoms with Crippen LogP contribution in [0.1, 0.15) is 87.1 Å². The number of fused-ring (bicyclic) bond motifs is 2. The summed E-state index contributed by atoms with van der Waals surface area (Å²) in [5.41, 5.74) is 0.108. The van der Waals surface area contributed by atoms with E-state index in [0.29, 0.717) is 35.8 Å². The predicted octanol–water partition coefficient (Wildman–Crippen LogP) is 4.51. The minimum absolute atomic E-state index is 0.0126. The highest BCUT2D eigenvalue weighted by Crippen LogP contribution is 2.15. The van der Waals surface area contributed by atoms with Gasteiger partial charge in [-0.2, -0.15) is 11.8 Å². The van der Waals surface area contributed by atoms with Crippen molar-refractivity contribution >= 4 is 63.7 Å². The molecule has 0 aromatic carbocycles. The van der Waals surface area contributed by atoms with E-state index in [1.807, 2.05) is 6.26 Å². The van der Waals surface area contributed by atoms with E-state index in [2.05, 4.69) is 27.9 Å². The second-order valence-corrected chi connectivity index (χ2v) is 12.7. The summed E-state index contributed by atoms with van der Waals surface area (Å²) in [6.07, 6.45) is 12.7. The number of rotatable bonds is 13. The number of hydrogen-bond donors (Lipinski definition) is 3. The third-order valence-corrected chi connectivity index (χ3v) is 8.70. The molecule has 3 amide bonds. The molecule has 2 rings (SSSR count). The van der Waals surface area contributed by atoms with Gasteiger partial charge in [0, 0.05) is 17.6 Å². The molecule has 0 fully saturated rings. The zero-order chi connectivity index (χ0) is 30.7. The van der Waals surface area contributed by atoms with Crippen LogP contribution in [0.5, 0.6) is 0 Å². The van der Waals surface area contributed by atoms with Gasteiger partial charge in [0.05, 0.1) is 13.0 Å². The summed E-state index contributed by atoms with van der Waals surface area (Å²) in [5, 5.41) is 10.2. The SMILES string of the molecule is CC=C1NC(=O)c2csc(n2)CNC(=O)C[C@@H](C=CCCSC(=O)CCCCCCC)OC(=O)[C@H](CCSC)NC1=O. The van der Waals surface area contributed by atoms with Gasteiger partial charge in [0.1, 0.15) is 28.5 Å². The van der Waals surface area contributed by atoms with Crippen molar-refractivity contribution in [2.24, 2.45) is 0 Å². The minimum atomic E-state index is -0.986. The fourth-order valence-corrected chi connectivity index (χ4v) is 5.86. The maximum absolute atomic E-state index is 13.2. The number of esters is 1. The Labute approximate surface area is 260 Å². The van der Waals surface area contributed by atoms with E-state index in [1.165, 1.54) is 53.8 Å². The van der Waals surface area contributed by atoms with Gasteiger partial charge in [0.25, 0.3) is 11.8 Å². The molecule has 1 aromatic heterocycles. The van der Waals surface area contributed by atoms with E-state index in [4.69, 9.17) is 4.74 Å². The maximum atomic E-state index is 13.2. The molecular formula is C29H42N4O6S3. The zero-order valence-corrected chi connectivity index (χ0v) is 27.0. The quantitative estimate of drug-likeness (QED) is 0.123. The smallest absolute Gasteiger partial charge is 0.329 e. The predicted molar refractivity (Wildman–Crippen MR) is 169 cm³/mol. The number of ether oxygens (including phenoxy) is 1. The van der Waals surface area contributed by atoms with Gasteiger partial charge in [-0.1, -0.05) is 56.5 Å². The molecule has 0 aliphatic carbocycles. The Kier molecular flexibility index (Phi) is 17.2. The van der Waals surface area contributed by atoms with Crippen molar-refractivity contribution in [3.8, 4) is 0 Å². The normalized spacial score (nSPS) is 19.8. The Morgan fingerprint density at radius 3 is 2.67 bits per heavy atom. The van der Waals surface area contributed by atoms with Gasteiger partial charge in [-0.3, -0.25) is 19.2 Å². The van der Waals surface area contributed by atoms with Crippen LogP contribution >= 0.6 is 34.9 Å². The molecule has 0 spiro atoms. The van der Waals surface area contributed by atoms with E-state index >= 15 is 0 Å². The standard InChI is InChI=1S/C29H42N4O6S3/c1-4-6-7-8-9-13-26(35)41-15-11-10-12-20-17-24(34)30-18-25-31-23(19-42-25)28(37)32-21(5-2)27(36)33-22(14-16-40-3)29(38)39-20/h5,10,12,19-20,22H,4,6-9,11,13-18H2,1-3H3,(H,30,34)(H,32,37)(H,33,36)/t20-,22+/m1/s1. The Morgan fingerprint density at radius 2 is 1.93 bits per heavy atom. The molecule has 1 aliphatic rings. The van der Waals surface area contributed by atoms with Crippen LogP contribution in [0, 0.1) is 0 Å². The first-order chi connectivity index (χ1) is 20.3. The van der Waals surface area contributed by atoms with Crippen molar-refractivity contribution in [2.75, 3.05) is 17.8 Å². The van der Waals surface area contributed by atoms with Crippen molar-refractivity contribution in [3.63, 3.8) is 0 Å². The lowest BCUT2D eigenvalue weighted by Gasteiger charge is -2.21. The number of thiazole rings is 1. The van der Waals surface area contributed by atoms with E-state index < -0.39 is 29.9 Å². The Hall–Kier alpha value is -2.64. The maximum Gasteiger partial charge on any atom is 0.329 e. The molecular weight excluding hydrogens is 597 g/mol. The summed E-state index contributed by atoms with van der Waals surface area (Å²) in [6, 6.07) is -0.986. The molecule has 10 nitrogen and oxygen atoms in total. The summed E-state index contributed by atoms with van der Waals surface area (Å²) in [7, 11) is 0. The van der Waals surface area contributed by atoms with Crippen molar-refractivity contribution in [1.29, 1.82) is 0 Å². The number of nitrogens with zero attached hydrogens (tertiary/aromatic N) is 1. The lowest BCUT2D eigenvalue weighted by Crippen LogP contribution is -2.46. The van der Waals surface area contributed by atoms with E-state index in [9.17, 15) is 24.0 Å². The van der Waals surface area contributed by atoms with Crippen molar-refractivity contribution in [1.82, 2.24) is 20.9 Å². The number of aromatic nitrogens is 1. The van der Waals surface area contributed by atoms with Gasteiger partial charge >= 0.3 is 5.97 Å². The topological polar surface area (TPSA) is 144 Å². The van der Waals surface area contributed by atoms with Gasteiger partial charge < -0.3 is 20.7 Å². The van der Waals surface area contributed by atoms with E-state index in [0.717, 1.165) is 19.3 Å². The first-order valence-corrected chi connectivity index (χ1v) is 17.5. The monoisotopic (exact) mass is 638 g/mol. The molecule has 3 N–H and O–H groups in total. The highest BCUT2D eigenvalue weighted by molar-refractivity contribution is 8.13. The molecule has 13 heteroatoms. The molecule has 1 aromatic rings. The summed E-state index contributed by atoms with van der Waals surface area (Å²) >= 11 is 4.01. The molecule has 2 atom stereocenters. The first kappa shape index (κ1) is 35.6. The van der Waals surface area contributed by atoms with Crippen molar-refractivity contribution < 1.29 is 28.7 Å². The number of hydrogen-bond acceptors (Lipinski definition) is 10. The summed E-state index contributed by atoms with van der Waals surface area (Å²) < 4.78 is 5.71. The van der Waals surface area contributed by atoms with Gasteiger partial charge in [0.2, 0.25) is 5.91 Å². The fraction of sp³-hybridized carbons (Fsp3) is 0.586. The second kappa shape index (κ2) is 20.3. The minimum Gasteiger partial charge on any atom is -0.456 e. The Balaban J connectivity index is 2.10. The molecule has 232 valence electrons. The first-order valence-electron chi connectivity index (χ1n) is 14.3. The lowest BCUT2D eigenvalue weighted by molar-refractivity contribution is -0.151. The lowest BCUT2D eigenvalue weighted by atomic mass is 10.1. The van der Waals surface area contributed by atoms with Crippen LogP contribution in [-0.2, 0) is 30.5 Å². The van der Waals surface area contributed by atoms with E-state index in [-0.39, 0.29) is 35.4 Å². The molecule has 0 saturated heterocycles. The van der Waals surface area contributed by atoms with Crippen LogP contribution in [-0.4, -0.2) is 63.7 Å². The van der Waals surface area contributed by atoms with Crippen molar-refractivity contribution in [3.05, 3.63) is 40.0 Å². The number of nitrogens with one attached hydrogen (secondary N) is 3. The van der Waals surface area contributed by atoms with E-state index in [1.54, 1.807) is 24.5 Å². The number of amides is 3. The largest absolute Gasteiger partial charge is 0.456 e. The number of cyclic esters (lactones) is 1. The van der Waals surface area contributed by atoms with Gasteiger partial charge in [-0.05, 0) is 44.3 Å². The molecule has 1 aliphatic heterocycles. The van der Waals surface area contributed by atoms with Crippen LogP contribution in [0.15, 0.2) is 29.3 Å². The summed E-state index contributed by atoms with van der Waals surface area (Å²) in [5.74, 6) is -1.08. The number of thioether (sulfide) groups is 2. The van der Waals surface area contributed by atoms with Crippen LogP contribution in [0.4, 0.5) is 0 Å². The molecule has 42 heavy (non-hydrogen) atoms. The molecule has 2 heterocycles. The molecule has 0 unspecified atom stereocenters. The summed E-state index contributed by atoms with van der Waals surface area (Å²) in [4.78, 5) is 67.9. The van der Waals surface area contributed by atoms with Crippen LogP contribution in [0.25, 0.3) is 0 Å². The third kappa shape index (κ3) is 13.6. The van der Waals surface area contributed by atoms with Crippen LogP contribution in [0.2, 0.25) is 0 Å². The highest BCUT2D eigenvalue weighted by atomic mass is 32.2. The third-order valence-electron chi connectivity index (χ3n) is 6.24. The summed E-state index contributed by atoms with van der Waals surface area (Å²) in [6.45, 7) is 3.87. The average molecular weight is 639 g/mol. The Morgan fingerprint density at radius 1 is 1.14 bits per heavy atom. The number of carbonyl (C=O) groups excluding carboxylic acids is 5.